The summed E-state index contributed by atoms with van der Waals surface area (Å²) in [4.78, 5) is -0.302. The van der Waals surface area contributed by atoms with Gasteiger partial charge in [-0.2, -0.15) is 22.6 Å². The molecule has 1 fully saturated rings. The summed E-state index contributed by atoms with van der Waals surface area (Å²) in [5.74, 6) is -0.717. The highest BCUT2D eigenvalue weighted by molar-refractivity contribution is 7.89. The van der Waals surface area contributed by atoms with Crippen molar-refractivity contribution in [1.29, 1.82) is 0 Å². The van der Waals surface area contributed by atoms with E-state index in [1.165, 1.54) is 17.5 Å². The molecule has 0 bridgehead atoms. The summed E-state index contributed by atoms with van der Waals surface area (Å²) in [5.41, 5.74) is -1.04. The molecule has 1 aliphatic carbocycles. The highest BCUT2D eigenvalue weighted by Gasteiger charge is 2.36. The third-order valence-corrected chi connectivity index (χ3v) is 6.90. The van der Waals surface area contributed by atoms with Crippen molar-refractivity contribution in [3.63, 3.8) is 0 Å². The van der Waals surface area contributed by atoms with Crippen LogP contribution in [0.15, 0.2) is 35.4 Å². The fraction of sp³-hybridized carbons (Fsp3) is 0.500. The highest BCUT2D eigenvalue weighted by atomic mass is 32.2. The van der Waals surface area contributed by atoms with E-state index in [2.05, 4.69) is 5.10 Å². The largest absolute Gasteiger partial charge is 0.495 e. The zero-order chi connectivity index (χ0) is 21.2. The Bertz CT molecular complexity index is 954. The van der Waals surface area contributed by atoms with Crippen molar-refractivity contribution in [2.45, 2.75) is 49.3 Å². The second-order valence-electron chi connectivity index (χ2n) is 6.81. The minimum absolute atomic E-state index is 0.00726. The lowest BCUT2D eigenvalue weighted by molar-refractivity contribution is -0.141. The third kappa shape index (κ3) is 4.72. The van der Waals surface area contributed by atoms with Crippen molar-refractivity contribution in [1.82, 2.24) is 14.1 Å². The Kier molecular flexibility index (Phi) is 6.18. The van der Waals surface area contributed by atoms with Gasteiger partial charge in [-0.15, -0.1) is 0 Å². The number of nitrogens with zero attached hydrogens (tertiary/aromatic N) is 3. The molecule has 29 heavy (non-hydrogen) atoms. The van der Waals surface area contributed by atoms with Crippen molar-refractivity contribution in [2.75, 3.05) is 13.7 Å². The first-order chi connectivity index (χ1) is 13.6. The maximum absolute atomic E-state index is 13.8. The molecule has 11 heteroatoms. The van der Waals surface area contributed by atoms with E-state index in [-0.39, 0.29) is 29.8 Å². The lowest BCUT2D eigenvalue weighted by atomic mass is 10.2. The summed E-state index contributed by atoms with van der Waals surface area (Å²) in [6, 6.07) is 3.75. The molecular weight excluding hydrogens is 414 g/mol. The van der Waals surface area contributed by atoms with E-state index in [0.29, 0.717) is 12.8 Å². The molecule has 0 aliphatic heterocycles. The Morgan fingerprint density at radius 2 is 1.93 bits per heavy atom. The fourth-order valence-corrected chi connectivity index (χ4v) is 5.35. The monoisotopic (exact) mass is 435 g/mol. The Morgan fingerprint density at radius 3 is 2.52 bits per heavy atom. The SMILES string of the molecule is COc1ccc(F)cc1S(=O)(=O)N(CCn1ccc(C(F)(F)F)n1)C1CCCC1. The molecule has 1 aliphatic rings. The van der Waals surface area contributed by atoms with E-state index >= 15 is 0 Å². The van der Waals surface area contributed by atoms with Gasteiger partial charge < -0.3 is 4.74 Å². The summed E-state index contributed by atoms with van der Waals surface area (Å²) in [7, 11) is -2.85. The first kappa shape index (κ1) is 21.6. The summed E-state index contributed by atoms with van der Waals surface area (Å²) in [6.07, 6.45) is -0.468. The van der Waals surface area contributed by atoms with Gasteiger partial charge in [0.15, 0.2) is 5.69 Å². The number of alkyl halides is 3. The molecule has 0 unspecified atom stereocenters. The number of methoxy groups -OCH3 is 1. The standard InChI is InChI=1S/C18H21F4N3O3S/c1-28-15-7-6-13(19)12-16(15)29(26,27)25(14-4-2-3-5-14)11-10-24-9-8-17(23-24)18(20,21)22/h6-9,12,14H,2-5,10-11H2,1H3. The van der Waals surface area contributed by atoms with Gasteiger partial charge in [0, 0.05) is 18.8 Å². The van der Waals surface area contributed by atoms with Crippen LogP contribution >= 0.6 is 0 Å². The summed E-state index contributed by atoms with van der Waals surface area (Å²) in [5, 5.41) is 3.47. The van der Waals surface area contributed by atoms with Crippen LogP contribution in [-0.4, -0.2) is 42.2 Å². The number of benzene rings is 1. The summed E-state index contributed by atoms with van der Waals surface area (Å²) < 4.78 is 86.0. The van der Waals surface area contributed by atoms with E-state index in [1.807, 2.05) is 0 Å². The lowest BCUT2D eigenvalue weighted by Crippen LogP contribution is -2.41. The number of rotatable bonds is 7. The van der Waals surface area contributed by atoms with E-state index in [4.69, 9.17) is 4.74 Å². The number of halogens is 4. The fourth-order valence-electron chi connectivity index (χ4n) is 3.51. The molecule has 1 saturated carbocycles. The lowest BCUT2D eigenvalue weighted by Gasteiger charge is -2.28. The smallest absolute Gasteiger partial charge is 0.435 e. The van der Waals surface area contributed by atoms with Crippen LogP contribution in [0, 0.1) is 5.82 Å². The summed E-state index contributed by atoms with van der Waals surface area (Å²) >= 11 is 0. The average molecular weight is 435 g/mol. The van der Waals surface area contributed by atoms with Gasteiger partial charge in [-0.05, 0) is 37.1 Å². The first-order valence-corrected chi connectivity index (χ1v) is 10.5. The normalized spacial score (nSPS) is 15.9. The molecule has 0 N–H and O–H groups in total. The van der Waals surface area contributed by atoms with Crippen molar-refractivity contribution in [2.24, 2.45) is 0 Å². The Hall–Kier alpha value is -2.14. The van der Waals surface area contributed by atoms with Crippen molar-refractivity contribution < 1.29 is 30.7 Å². The van der Waals surface area contributed by atoms with Gasteiger partial charge in [0.25, 0.3) is 0 Å². The first-order valence-electron chi connectivity index (χ1n) is 9.09. The molecule has 6 nitrogen and oxygen atoms in total. The molecule has 1 aromatic heterocycles. The van der Waals surface area contributed by atoms with Crippen LogP contribution < -0.4 is 4.74 Å². The molecule has 1 heterocycles. The average Bonchev–Trinajstić information content (AvgIpc) is 3.33. The van der Waals surface area contributed by atoms with Crippen LogP contribution in [0.25, 0.3) is 0 Å². The van der Waals surface area contributed by atoms with Gasteiger partial charge in [-0.1, -0.05) is 12.8 Å². The molecule has 3 rings (SSSR count). The highest BCUT2D eigenvalue weighted by Crippen LogP contribution is 2.33. The van der Waals surface area contributed by atoms with Crippen LogP contribution in [0.1, 0.15) is 31.4 Å². The maximum atomic E-state index is 13.8. The molecule has 2 aromatic rings. The minimum Gasteiger partial charge on any atom is -0.495 e. The van der Waals surface area contributed by atoms with Gasteiger partial charge >= 0.3 is 6.18 Å². The minimum atomic E-state index is -4.57. The van der Waals surface area contributed by atoms with Gasteiger partial charge in [0.1, 0.15) is 16.5 Å². The number of aromatic nitrogens is 2. The zero-order valence-electron chi connectivity index (χ0n) is 15.7. The second-order valence-corrected chi connectivity index (χ2v) is 8.67. The molecule has 0 radical (unpaired) electrons. The van der Waals surface area contributed by atoms with E-state index < -0.39 is 27.7 Å². The predicted octanol–water partition coefficient (Wildman–Crippen LogP) is 3.68. The second kappa shape index (κ2) is 8.31. The zero-order valence-corrected chi connectivity index (χ0v) is 16.5. The van der Waals surface area contributed by atoms with E-state index in [0.717, 1.165) is 41.9 Å². The molecule has 0 atom stereocenters. The molecule has 0 spiro atoms. The molecule has 0 saturated heterocycles. The number of ether oxygens (including phenoxy) is 1. The van der Waals surface area contributed by atoms with Crippen molar-refractivity contribution >= 4 is 10.0 Å². The number of hydrogen-bond acceptors (Lipinski definition) is 4. The van der Waals surface area contributed by atoms with E-state index in [9.17, 15) is 26.0 Å². The molecule has 160 valence electrons. The number of sulfonamides is 1. The van der Waals surface area contributed by atoms with Gasteiger partial charge in [-0.25, -0.2) is 12.8 Å². The van der Waals surface area contributed by atoms with Crippen molar-refractivity contribution in [3.05, 3.63) is 42.0 Å². The Labute approximate surface area is 166 Å². The van der Waals surface area contributed by atoms with Crippen molar-refractivity contribution in [3.8, 4) is 5.75 Å². The molecule has 1 aromatic carbocycles. The van der Waals surface area contributed by atoms with Crippen LogP contribution in [0.2, 0.25) is 0 Å². The molecular formula is C18H21F4N3O3S. The number of hydrogen-bond donors (Lipinski definition) is 0. The van der Waals surface area contributed by atoms with Crippen LogP contribution in [0.5, 0.6) is 5.75 Å². The third-order valence-electron chi connectivity index (χ3n) is 4.92. The Morgan fingerprint density at radius 1 is 1.24 bits per heavy atom. The van der Waals surface area contributed by atoms with Gasteiger partial charge in [0.2, 0.25) is 10.0 Å². The predicted molar refractivity (Wildman–Crippen MR) is 96.3 cm³/mol. The van der Waals surface area contributed by atoms with Crippen LogP contribution in [0.4, 0.5) is 17.6 Å². The van der Waals surface area contributed by atoms with Crippen LogP contribution in [-0.2, 0) is 22.7 Å². The maximum Gasteiger partial charge on any atom is 0.435 e. The summed E-state index contributed by atoms with van der Waals surface area (Å²) in [6.45, 7) is -0.158. The van der Waals surface area contributed by atoms with E-state index in [1.54, 1.807) is 0 Å². The Balaban J connectivity index is 1.89. The van der Waals surface area contributed by atoms with Gasteiger partial charge in [-0.3, -0.25) is 4.68 Å². The van der Waals surface area contributed by atoms with Gasteiger partial charge in [0.05, 0.1) is 13.7 Å². The topological polar surface area (TPSA) is 64.4 Å². The quantitative estimate of drug-likeness (QED) is 0.623. The van der Waals surface area contributed by atoms with Crippen LogP contribution in [0.3, 0.4) is 0 Å². The molecule has 0 amide bonds.